The molecule has 1 aromatic carbocycles. The highest BCUT2D eigenvalue weighted by molar-refractivity contribution is 5.92. The largest absolute Gasteiger partial charge is 0.573 e. The van der Waals surface area contributed by atoms with Gasteiger partial charge in [-0.25, -0.2) is 4.79 Å². The summed E-state index contributed by atoms with van der Waals surface area (Å²) in [5, 5.41) is 2.85. The van der Waals surface area contributed by atoms with Crippen LogP contribution in [0.2, 0.25) is 0 Å². The van der Waals surface area contributed by atoms with Crippen LogP contribution in [0.25, 0.3) is 0 Å². The van der Waals surface area contributed by atoms with E-state index in [0.29, 0.717) is 25.3 Å². The molecule has 0 bridgehead atoms. The lowest BCUT2D eigenvalue weighted by molar-refractivity contribution is -0.274. The lowest BCUT2D eigenvalue weighted by Crippen LogP contribution is -2.45. The van der Waals surface area contributed by atoms with E-state index in [1.165, 1.54) is 24.3 Å². The van der Waals surface area contributed by atoms with E-state index in [1.54, 1.807) is 4.90 Å². The van der Waals surface area contributed by atoms with E-state index in [1.807, 2.05) is 20.8 Å². The van der Waals surface area contributed by atoms with Gasteiger partial charge in [-0.15, -0.1) is 13.2 Å². The summed E-state index contributed by atoms with van der Waals surface area (Å²) in [7, 11) is 0. The van der Waals surface area contributed by atoms with Crippen molar-refractivity contribution in [1.29, 1.82) is 0 Å². The Bertz CT molecular complexity index is 750. The van der Waals surface area contributed by atoms with Gasteiger partial charge in [-0.05, 0) is 63.3 Å². The number of aliphatic imine (C=N–C) groups is 1. The normalized spacial score (nSPS) is 17.4. The predicted octanol–water partition coefficient (Wildman–Crippen LogP) is 4.35. The van der Waals surface area contributed by atoms with Gasteiger partial charge in [0.05, 0.1) is 0 Å². The van der Waals surface area contributed by atoms with Crippen LogP contribution in [-0.2, 0) is 4.74 Å². The first-order chi connectivity index (χ1) is 13.7. The van der Waals surface area contributed by atoms with Crippen LogP contribution in [0.1, 0.15) is 40.5 Å². The molecule has 2 rings (SSSR count). The van der Waals surface area contributed by atoms with Crippen LogP contribution < -0.4 is 15.8 Å². The molecule has 1 aliphatic heterocycles. The van der Waals surface area contributed by atoms with E-state index >= 15 is 0 Å². The minimum Gasteiger partial charge on any atom is -0.444 e. The zero-order valence-electron chi connectivity index (χ0n) is 17.7. The summed E-state index contributed by atoms with van der Waals surface area (Å²) in [5.41, 5.74) is 5.76. The third kappa shape index (κ3) is 8.00. The Morgan fingerprint density at radius 2 is 1.77 bits per heavy atom. The first kappa shape index (κ1) is 23.6. The Balaban J connectivity index is 1.84. The number of nitrogens with zero attached hydrogens (tertiary/aromatic N) is 2. The third-order valence-corrected chi connectivity index (χ3v) is 4.61. The van der Waals surface area contributed by atoms with E-state index in [4.69, 9.17) is 10.5 Å². The van der Waals surface area contributed by atoms with Crippen molar-refractivity contribution in [2.75, 3.05) is 25.0 Å². The average Bonchev–Trinajstić information content (AvgIpc) is 2.60. The molecule has 0 spiro atoms. The number of hydrogen-bond acceptors (Lipinski definition) is 4. The molecule has 0 aliphatic carbocycles. The van der Waals surface area contributed by atoms with Gasteiger partial charge in [-0.1, -0.05) is 6.92 Å². The summed E-state index contributed by atoms with van der Waals surface area (Å²) in [5.74, 6) is -0.150. The first-order valence-electron chi connectivity index (χ1n) is 9.65. The number of amides is 1. The Hall–Kier alpha value is -2.65. The van der Waals surface area contributed by atoms with Crippen molar-refractivity contribution in [2.24, 2.45) is 16.1 Å². The molecule has 168 valence electrons. The number of carbonyl (C=O) groups is 1. The SMILES string of the molecule is CC1(CN=C(N)Nc2ccc(OC(F)(F)F)cc2)CCN(C(=O)OC(C)(C)C)CC1. The molecule has 3 N–H and O–H groups in total. The van der Waals surface area contributed by atoms with Crippen molar-refractivity contribution in [1.82, 2.24) is 4.90 Å². The maximum Gasteiger partial charge on any atom is 0.573 e. The van der Waals surface area contributed by atoms with Crippen LogP contribution in [0.4, 0.5) is 23.7 Å². The molecule has 0 saturated carbocycles. The van der Waals surface area contributed by atoms with E-state index < -0.39 is 12.0 Å². The zero-order chi connectivity index (χ0) is 22.6. The smallest absolute Gasteiger partial charge is 0.444 e. The number of nitrogens with two attached hydrogens (primary N) is 1. The molecule has 1 fully saturated rings. The summed E-state index contributed by atoms with van der Waals surface area (Å²) in [4.78, 5) is 18.2. The molecule has 0 radical (unpaired) electrons. The maximum atomic E-state index is 12.2. The number of rotatable bonds is 4. The van der Waals surface area contributed by atoms with Crippen molar-refractivity contribution >= 4 is 17.7 Å². The van der Waals surface area contributed by atoms with E-state index in [9.17, 15) is 18.0 Å². The molecule has 7 nitrogen and oxygen atoms in total. The van der Waals surface area contributed by atoms with Crippen LogP contribution in [0.5, 0.6) is 5.75 Å². The fraction of sp³-hybridized carbons (Fsp3) is 0.600. The third-order valence-electron chi connectivity index (χ3n) is 4.61. The molecule has 1 heterocycles. The fourth-order valence-corrected chi connectivity index (χ4v) is 2.92. The van der Waals surface area contributed by atoms with Gasteiger partial charge in [-0.3, -0.25) is 4.99 Å². The number of guanidine groups is 1. The molecule has 0 aromatic heterocycles. The second kappa shape index (κ2) is 9.01. The van der Waals surface area contributed by atoms with Gasteiger partial charge < -0.3 is 25.4 Å². The minimum atomic E-state index is -4.73. The monoisotopic (exact) mass is 430 g/mol. The number of anilines is 1. The summed E-state index contributed by atoms with van der Waals surface area (Å²) >= 11 is 0. The van der Waals surface area contributed by atoms with Crippen LogP contribution in [0.15, 0.2) is 29.3 Å². The van der Waals surface area contributed by atoms with Crippen LogP contribution in [-0.4, -0.2) is 48.6 Å². The van der Waals surface area contributed by atoms with Crippen molar-refractivity contribution in [3.05, 3.63) is 24.3 Å². The predicted molar refractivity (Wildman–Crippen MR) is 108 cm³/mol. The summed E-state index contributed by atoms with van der Waals surface area (Å²) in [6, 6.07) is 5.22. The van der Waals surface area contributed by atoms with Gasteiger partial charge in [0.1, 0.15) is 11.4 Å². The molecule has 1 aromatic rings. The molecular weight excluding hydrogens is 401 g/mol. The lowest BCUT2D eigenvalue weighted by Gasteiger charge is -2.38. The lowest BCUT2D eigenvalue weighted by atomic mass is 9.80. The van der Waals surface area contributed by atoms with Crippen molar-refractivity contribution in [2.45, 2.75) is 52.5 Å². The Morgan fingerprint density at radius 1 is 1.20 bits per heavy atom. The highest BCUT2D eigenvalue weighted by Crippen LogP contribution is 2.32. The number of piperidine rings is 1. The van der Waals surface area contributed by atoms with Gasteiger partial charge in [0.25, 0.3) is 0 Å². The van der Waals surface area contributed by atoms with E-state index in [0.717, 1.165) is 12.8 Å². The molecule has 0 atom stereocenters. The van der Waals surface area contributed by atoms with Crippen LogP contribution in [0.3, 0.4) is 0 Å². The highest BCUT2D eigenvalue weighted by atomic mass is 19.4. The van der Waals surface area contributed by atoms with Gasteiger partial charge >= 0.3 is 12.5 Å². The standard InChI is InChI=1S/C20H29F3N4O3/c1-18(2,3)30-17(28)27-11-9-19(4,10-12-27)13-25-16(24)26-14-5-7-15(8-6-14)29-20(21,22)23/h5-8H,9-13H2,1-4H3,(H3,24,25,26). The summed E-state index contributed by atoms with van der Waals surface area (Å²) in [6.07, 6.45) is -3.53. The number of nitrogens with one attached hydrogen (secondary N) is 1. The van der Waals surface area contributed by atoms with Crippen molar-refractivity contribution in [3.8, 4) is 5.75 Å². The van der Waals surface area contributed by atoms with Crippen molar-refractivity contribution < 1.29 is 27.4 Å². The van der Waals surface area contributed by atoms with Crippen LogP contribution >= 0.6 is 0 Å². The Kier molecular flexibility index (Phi) is 7.10. The topological polar surface area (TPSA) is 89.2 Å². The quantitative estimate of drug-likeness (QED) is 0.548. The number of hydrogen-bond donors (Lipinski definition) is 2. The number of ether oxygens (including phenoxy) is 2. The van der Waals surface area contributed by atoms with Gasteiger partial charge in [0, 0.05) is 25.3 Å². The van der Waals surface area contributed by atoms with Gasteiger partial charge in [-0.2, -0.15) is 0 Å². The van der Waals surface area contributed by atoms with Gasteiger partial charge in [0.2, 0.25) is 0 Å². The molecule has 1 saturated heterocycles. The zero-order valence-corrected chi connectivity index (χ0v) is 17.7. The molecular formula is C20H29F3N4O3. The Morgan fingerprint density at radius 3 is 2.27 bits per heavy atom. The fourth-order valence-electron chi connectivity index (χ4n) is 2.92. The molecule has 1 aliphatic rings. The number of carbonyl (C=O) groups excluding carboxylic acids is 1. The van der Waals surface area contributed by atoms with Crippen LogP contribution in [0, 0.1) is 5.41 Å². The number of alkyl halides is 3. The summed E-state index contributed by atoms with van der Waals surface area (Å²) in [6.45, 7) is 9.20. The average molecular weight is 430 g/mol. The van der Waals surface area contributed by atoms with Crippen molar-refractivity contribution in [3.63, 3.8) is 0 Å². The minimum absolute atomic E-state index is 0.116. The number of likely N-dealkylation sites (tertiary alicyclic amines) is 1. The first-order valence-corrected chi connectivity index (χ1v) is 9.65. The molecule has 0 unspecified atom stereocenters. The molecule has 30 heavy (non-hydrogen) atoms. The second-order valence-corrected chi connectivity index (χ2v) is 8.68. The Labute approximate surface area is 174 Å². The highest BCUT2D eigenvalue weighted by Gasteiger charge is 2.33. The number of halogens is 3. The molecule has 1 amide bonds. The van der Waals surface area contributed by atoms with Gasteiger partial charge in [0.15, 0.2) is 5.96 Å². The van der Waals surface area contributed by atoms with E-state index in [-0.39, 0.29) is 23.2 Å². The maximum absolute atomic E-state index is 12.2. The molecule has 10 heteroatoms. The number of benzene rings is 1. The van der Waals surface area contributed by atoms with E-state index in [2.05, 4.69) is 22.0 Å². The second-order valence-electron chi connectivity index (χ2n) is 8.68. The summed E-state index contributed by atoms with van der Waals surface area (Å²) < 4.78 is 45.8.